The van der Waals surface area contributed by atoms with Gasteiger partial charge in [-0.25, -0.2) is 0 Å². The van der Waals surface area contributed by atoms with Gasteiger partial charge in [0, 0.05) is 31.9 Å². The van der Waals surface area contributed by atoms with Gasteiger partial charge in [-0.1, -0.05) is 135 Å². The van der Waals surface area contributed by atoms with E-state index < -0.39 is 23.0 Å². The third kappa shape index (κ3) is 10.8. The van der Waals surface area contributed by atoms with E-state index in [2.05, 4.69) is 25.3 Å². The SMILES string of the molecule is C=CC[C@@]1(C)C[C@H](c2cccc(Cl)c2)[C@@H](c2ccc(Cl)cc2)N([C@@H](C2CC2)[C@@H](O)CC)C1=O.C=CC[C@@]1(C)C[C@H](c2cccc(Cl)c2)[C@@H](c2ccc(Cl)cc2)N([C@@H](C2CC2)[C@H](O)CC)C1=O. The molecule has 0 aromatic heterocycles. The zero-order valence-corrected chi connectivity index (χ0v) is 41.8. The molecular formula is C56H66Cl4N2O4. The van der Waals surface area contributed by atoms with E-state index in [0.717, 1.165) is 47.9 Å². The summed E-state index contributed by atoms with van der Waals surface area (Å²) in [5, 5.41) is 25.0. The Morgan fingerprint density at radius 2 is 0.924 bits per heavy atom. The van der Waals surface area contributed by atoms with Crippen molar-refractivity contribution >= 4 is 58.2 Å². The average molecular weight is 973 g/mol. The van der Waals surface area contributed by atoms with E-state index in [0.29, 0.717) is 70.5 Å². The predicted octanol–water partition coefficient (Wildman–Crippen LogP) is 14.4. The van der Waals surface area contributed by atoms with Gasteiger partial charge in [0.1, 0.15) is 0 Å². The van der Waals surface area contributed by atoms with Gasteiger partial charge in [-0.3, -0.25) is 9.59 Å². The molecule has 0 bridgehead atoms. The molecule has 2 N–H and O–H groups in total. The van der Waals surface area contributed by atoms with Crippen molar-refractivity contribution in [2.45, 2.75) is 140 Å². The van der Waals surface area contributed by atoms with Crippen LogP contribution in [0.1, 0.15) is 138 Å². The topological polar surface area (TPSA) is 81.1 Å². The summed E-state index contributed by atoms with van der Waals surface area (Å²) in [6.07, 6.45) is 10.5. The van der Waals surface area contributed by atoms with Gasteiger partial charge in [-0.2, -0.15) is 0 Å². The van der Waals surface area contributed by atoms with Crippen LogP contribution in [-0.2, 0) is 9.59 Å². The molecule has 8 rings (SSSR count). The number of rotatable bonds is 16. The van der Waals surface area contributed by atoms with Crippen molar-refractivity contribution in [2.24, 2.45) is 22.7 Å². The van der Waals surface area contributed by atoms with E-state index in [1.54, 1.807) is 0 Å². The van der Waals surface area contributed by atoms with E-state index in [-0.39, 0.29) is 47.8 Å². The molecule has 2 aliphatic heterocycles. The molecular weight excluding hydrogens is 906 g/mol. The van der Waals surface area contributed by atoms with Gasteiger partial charge in [0.25, 0.3) is 0 Å². The summed E-state index contributed by atoms with van der Waals surface area (Å²) in [4.78, 5) is 32.6. The molecule has 6 nitrogen and oxygen atoms in total. The first-order chi connectivity index (χ1) is 31.6. The minimum absolute atomic E-state index is 0.0258. The van der Waals surface area contributed by atoms with Gasteiger partial charge >= 0.3 is 0 Å². The Kier molecular flexibility index (Phi) is 16.3. The van der Waals surface area contributed by atoms with E-state index in [4.69, 9.17) is 46.4 Å². The predicted molar refractivity (Wildman–Crippen MR) is 271 cm³/mol. The number of piperidine rings is 2. The number of allylic oxidation sites excluding steroid dienone is 2. The number of halogens is 4. The van der Waals surface area contributed by atoms with Crippen LogP contribution in [0.3, 0.4) is 0 Å². The van der Waals surface area contributed by atoms with Crippen LogP contribution in [0.5, 0.6) is 0 Å². The Labute approximate surface area is 413 Å². The quantitative estimate of drug-likeness (QED) is 0.110. The molecule has 4 aliphatic rings. The highest BCUT2D eigenvalue weighted by molar-refractivity contribution is 6.31. The number of nitrogens with zero attached hydrogens (tertiary/aromatic N) is 2. The molecule has 10 atom stereocenters. The molecule has 4 fully saturated rings. The molecule has 2 aliphatic carbocycles. The summed E-state index contributed by atoms with van der Waals surface area (Å²) in [5.41, 5.74) is 3.09. The van der Waals surface area contributed by atoms with Crippen LogP contribution < -0.4 is 0 Å². The molecule has 0 spiro atoms. The first kappa shape index (κ1) is 50.3. The summed E-state index contributed by atoms with van der Waals surface area (Å²) in [6.45, 7) is 16.0. The van der Waals surface area contributed by atoms with E-state index in [1.807, 2.05) is 135 Å². The Bertz CT molecular complexity index is 2170. The van der Waals surface area contributed by atoms with Gasteiger partial charge in [-0.05, 0) is 147 Å². The lowest BCUT2D eigenvalue weighted by atomic mass is 9.66. The second-order valence-electron chi connectivity index (χ2n) is 19.9. The fourth-order valence-electron chi connectivity index (χ4n) is 11.2. The maximum Gasteiger partial charge on any atom is 0.229 e. The molecule has 4 aromatic rings. The molecule has 2 heterocycles. The summed E-state index contributed by atoms with van der Waals surface area (Å²) >= 11 is 25.3. The summed E-state index contributed by atoms with van der Waals surface area (Å²) in [7, 11) is 0. The second kappa shape index (κ2) is 21.3. The van der Waals surface area contributed by atoms with Crippen molar-refractivity contribution < 1.29 is 19.8 Å². The van der Waals surface area contributed by atoms with Crippen molar-refractivity contribution in [2.75, 3.05) is 0 Å². The van der Waals surface area contributed by atoms with Crippen LogP contribution in [0.25, 0.3) is 0 Å². The normalized spacial score (nSPS) is 27.3. The minimum atomic E-state index is -0.599. The van der Waals surface area contributed by atoms with E-state index in [9.17, 15) is 19.8 Å². The molecule has 2 saturated carbocycles. The third-order valence-electron chi connectivity index (χ3n) is 14.8. The van der Waals surface area contributed by atoms with Crippen LogP contribution in [0.4, 0.5) is 0 Å². The summed E-state index contributed by atoms with van der Waals surface area (Å²) in [6, 6.07) is 30.7. The van der Waals surface area contributed by atoms with Crippen LogP contribution in [0.2, 0.25) is 20.1 Å². The van der Waals surface area contributed by atoms with Crippen molar-refractivity contribution in [1.29, 1.82) is 0 Å². The number of carbonyl (C=O) groups is 2. The van der Waals surface area contributed by atoms with Crippen LogP contribution in [0, 0.1) is 22.7 Å². The smallest absolute Gasteiger partial charge is 0.229 e. The molecule has 4 aromatic carbocycles. The minimum Gasteiger partial charge on any atom is -0.391 e. The number of aliphatic hydroxyl groups is 2. The number of hydrogen-bond donors (Lipinski definition) is 2. The fraction of sp³-hybridized carbons (Fsp3) is 0.464. The Morgan fingerprint density at radius 3 is 1.21 bits per heavy atom. The number of amides is 2. The molecule has 352 valence electrons. The van der Waals surface area contributed by atoms with Gasteiger partial charge < -0.3 is 20.0 Å². The molecule has 10 heteroatoms. The van der Waals surface area contributed by atoms with Crippen molar-refractivity contribution in [3.05, 3.63) is 165 Å². The average Bonchev–Trinajstić information content (AvgIpc) is 4.25. The number of carbonyl (C=O) groups excluding carboxylic acids is 2. The van der Waals surface area contributed by atoms with Crippen molar-refractivity contribution in [3.63, 3.8) is 0 Å². The number of likely N-dealkylation sites (tertiary alicyclic amines) is 2. The van der Waals surface area contributed by atoms with Crippen LogP contribution >= 0.6 is 46.4 Å². The lowest BCUT2D eigenvalue weighted by Crippen LogP contribution is -2.59. The molecule has 2 saturated heterocycles. The lowest BCUT2D eigenvalue weighted by Gasteiger charge is -2.53. The molecule has 66 heavy (non-hydrogen) atoms. The molecule has 0 unspecified atom stereocenters. The van der Waals surface area contributed by atoms with Gasteiger partial charge in [0.05, 0.1) is 47.2 Å². The highest BCUT2D eigenvalue weighted by atomic mass is 35.5. The summed E-state index contributed by atoms with van der Waals surface area (Å²) in [5.74, 6) is 0.903. The number of benzene rings is 4. The van der Waals surface area contributed by atoms with Gasteiger partial charge in [-0.15, -0.1) is 13.2 Å². The maximum atomic E-state index is 14.2. The Morgan fingerprint density at radius 1 is 0.576 bits per heavy atom. The Balaban J connectivity index is 0.000000196. The van der Waals surface area contributed by atoms with E-state index in [1.165, 1.54) is 0 Å². The van der Waals surface area contributed by atoms with Gasteiger partial charge in [0.15, 0.2) is 0 Å². The zero-order chi connectivity index (χ0) is 47.5. The van der Waals surface area contributed by atoms with Crippen molar-refractivity contribution in [1.82, 2.24) is 9.80 Å². The first-order valence-corrected chi connectivity index (χ1v) is 25.3. The van der Waals surface area contributed by atoms with Crippen molar-refractivity contribution in [3.8, 4) is 0 Å². The highest BCUT2D eigenvalue weighted by Crippen LogP contribution is 2.56. The maximum absolute atomic E-state index is 14.2. The van der Waals surface area contributed by atoms with Crippen LogP contribution in [0.15, 0.2) is 122 Å². The van der Waals surface area contributed by atoms with Gasteiger partial charge in [0.2, 0.25) is 11.8 Å². The fourth-order valence-corrected chi connectivity index (χ4v) is 11.9. The summed E-state index contributed by atoms with van der Waals surface area (Å²) < 4.78 is 0. The molecule has 0 radical (unpaired) electrons. The zero-order valence-electron chi connectivity index (χ0n) is 38.8. The largest absolute Gasteiger partial charge is 0.391 e. The third-order valence-corrected chi connectivity index (χ3v) is 15.8. The standard InChI is InChI=1S/2C28H33Cl2NO2/c2*1-4-15-28(3)17-23(20-7-6-8-22(30)16-20)25(18-11-13-21(29)14-12-18)31(27(28)33)26(19-9-10-19)24(32)5-2/h2*4,6-8,11-14,16,19,23-26,32H,1,5,9-10,15,17H2,2-3H3/t23-,24+,25-,26+,28+;23-,24-,25-,26+,28+/m11/s1. The Hall–Kier alpha value is -3.62. The highest BCUT2D eigenvalue weighted by Gasteiger charge is 2.56. The number of aliphatic hydroxyl groups excluding tert-OH is 2. The number of hydrogen-bond acceptors (Lipinski definition) is 4. The van der Waals surface area contributed by atoms with Crippen LogP contribution in [-0.4, -0.2) is 56.1 Å². The second-order valence-corrected chi connectivity index (χ2v) is 21.6. The molecule has 2 amide bonds. The monoisotopic (exact) mass is 970 g/mol. The lowest BCUT2D eigenvalue weighted by molar-refractivity contribution is -0.160. The van der Waals surface area contributed by atoms with E-state index >= 15 is 0 Å². The first-order valence-electron chi connectivity index (χ1n) is 23.8.